The monoisotopic (exact) mass is 194 g/mol. The van der Waals surface area contributed by atoms with Crippen molar-refractivity contribution in [2.75, 3.05) is 0 Å². The van der Waals surface area contributed by atoms with Crippen LogP contribution in [0.5, 0.6) is 0 Å². The van der Waals surface area contributed by atoms with Crippen LogP contribution < -0.4 is 0 Å². The Kier molecular flexibility index (Phi) is 2.06. The zero-order valence-electron chi connectivity index (χ0n) is 8.34. The van der Waals surface area contributed by atoms with Gasteiger partial charge in [0.1, 0.15) is 0 Å². The minimum absolute atomic E-state index is 0.138. The lowest BCUT2D eigenvalue weighted by Crippen LogP contribution is -2.00. The van der Waals surface area contributed by atoms with Gasteiger partial charge in [0.25, 0.3) is 0 Å². The molecule has 1 heterocycles. The number of hydrogen-bond acceptors (Lipinski definition) is 2. The summed E-state index contributed by atoms with van der Waals surface area (Å²) >= 11 is 0. The topological polar surface area (TPSA) is 55.1 Å². The average Bonchev–Trinajstić information content (AvgIpc) is 2.74. The highest BCUT2D eigenvalue weighted by Crippen LogP contribution is 2.55. The van der Waals surface area contributed by atoms with E-state index < -0.39 is 5.97 Å². The highest BCUT2D eigenvalue weighted by Gasteiger charge is 2.55. The maximum atomic E-state index is 10.9. The maximum absolute atomic E-state index is 10.9. The van der Waals surface area contributed by atoms with Crippen molar-refractivity contribution in [2.24, 2.45) is 18.9 Å². The molecular weight excluding hydrogens is 180 g/mol. The van der Waals surface area contributed by atoms with E-state index in [1.807, 2.05) is 26.2 Å². The molecule has 1 aromatic rings. The summed E-state index contributed by atoms with van der Waals surface area (Å²) in [6.07, 6.45) is 2.78. The molecule has 0 bridgehead atoms. The number of aryl methyl sites for hydroxylation is 1. The van der Waals surface area contributed by atoms with Gasteiger partial charge in [-0.15, -0.1) is 0 Å². The molecule has 0 amide bonds. The van der Waals surface area contributed by atoms with Gasteiger partial charge >= 0.3 is 5.97 Å². The van der Waals surface area contributed by atoms with Crippen molar-refractivity contribution in [2.45, 2.75) is 19.3 Å². The van der Waals surface area contributed by atoms with Crippen molar-refractivity contribution in [3.63, 3.8) is 0 Å². The van der Waals surface area contributed by atoms with Gasteiger partial charge < -0.3 is 5.11 Å². The molecule has 1 saturated carbocycles. The Morgan fingerprint density at radius 1 is 1.71 bits per heavy atom. The maximum Gasteiger partial charge on any atom is 0.307 e. The molecule has 4 heteroatoms. The summed E-state index contributed by atoms with van der Waals surface area (Å²) in [5.74, 6) is -0.483. The lowest BCUT2D eigenvalue weighted by atomic mass is 10.2. The lowest BCUT2D eigenvalue weighted by molar-refractivity contribution is -0.139. The first kappa shape index (κ1) is 9.24. The highest BCUT2D eigenvalue weighted by atomic mass is 16.4. The quantitative estimate of drug-likeness (QED) is 0.787. The second-order valence-corrected chi connectivity index (χ2v) is 3.88. The van der Waals surface area contributed by atoms with E-state index in [2.05, 4.69) is 5.10 Å². The minimum atomic E-state index is -0.687. The Labute approximate surface area is 82.5 Å². The van der Waals surface area contributed by atoms with Crippen molar-refractivity contribution < 1.29 is 9.90 Å². The molecular formula is C10H14N2O2. The molecule has 3 atom stereocenters. The van der Waals surface area contributed by atoms with Crippen molar-refractivity contribution in [1.29, 1.82) is 0 Å². The van der Waals surface area contributed by atoms with Crippen molar-refractivity contribution >= 4 is 5.97 Å². The summed E-state index contributed by atoms with van der Waals surface area (Å²) in [5, 5.41) is 13.2. The molecule has 1 fully saturated rings. The molecule has 0 radical (unpaired) electrons. The molecule has 2 rings (SSSR count). The van der Waals surface area contributed by atoms with Crippen LogP contribution >= 0.6 is 0 Å². The molecule has 4 nitrogen and oxygen atoms in total. The van der Waals surface area contributed by atoms with Crippen LogP contribution in [0.1, 0.15) is 25.0 Å². The van der Waals surface area contributed by atoms with E-state index in [1.54, 1.807) is 4.68 Å². The fraction of sp³-hybridized carbons (Fsp3) is 0.600. The van der Waals surface area contributed by atoms with E-state index >= 15 is 0 Å². The second kappa shape index (κ2) is 3.12. The van der Waals surface area contributed by atoms with Crippen LogP contribution in [0.2, 0.25) is 0 Å². The number of hydrogen-bond donors (Lipinski definition) is 1. The van der Waals surface area contributed by atoms with E-state index in [0.29, 0.717) is 0 Å². The summed E-state index contributed by atoms with van der Waals surface area (Å²) in [7, 11) is 1.85. The van der Waals surface area contributed by atoms with Crippen LogP contribution in [-0.2, 0) is 11.8 Å². The van der Waals surface area contributed by atoms with Gasteiger partial charge in [-0.05, 0) is 12.0 Å². The molecule has 1 N–H and O–H groups in total. The first-order valence-corrected chi connectivity index (χ1v) is 4.87. The first-order valence-electron chi connectivity index (χ1n) is 4.87. The third-order valence-electron chi connectivity index (χ3n) is 3.00. The van der Waals surface area contributed by atoms with Gasteiger partial charge in [0.05, 0.1) is 11.6 Å². The van der Waals surface area contributed by atoms with E-state index in [9.17, 15) is 4.79 Å². The van der Waals surface area contributed by atoms with Crippen molar-refractivity contribution in [1.82, 2.24) is 9.78 Å². The molecule has 1 aliphatic rings. The first-order chi connectivity index (χ1) is 6.65. The Morgan fingerprint density at radius 3 is 2.79 bits per heavy atom. The zero-order valence-corrected chi connectivity index (χ0v) is 8.34. The summed E-state index contributed by atoms with van der Waals surface area (Å²) in [5.41, 5.74) is 0.923. The van der Waals surface area contributed by atoms with Crippen LogP contribution in [0.4, 0.5) is 0 Å². The average molecular weight is 194 g/mol. The van der Waals surface area contributed by atoms with Gasteiger partial charge in [-0.2, -0.15) is 5.10 Å². The summed E-state index contributed by atoms with van der Waals surface area (Å²) in [4.78, 5) is 10.9. The fourth-order valence-electron chi connectivity index (χ4n) is 2.23. The van der Waals surface area contributed by atoms with Gasteiger partial charge in [0.15, 0.2) is 0 Å². The van der Waals surface area contributed by atoms with Gasteiger partial charge in [-0.3, -0.25) is 9.48 Å². The molecule has 0 spiro atoms. The normalized spacial score (nSPS) is 30.3. The summed E-state index contributed by atoms with van der Waals surface area (Å²) < 4.78 is 1.72. The van der Waals surface area contributed by atoms with E-state index in [-0.39, 0.29) is 17.8 Å². The van der Waals surface area contributed by atoms with Gasteiger partial charge in [0, 0.05) is 19.2 Å². The highest BCUT2D eigenvalue weighted by molar-refractivity contribution is 5.76. The van der Waals surface area contributed by atoms with E-state index in [0.717, 1.165) is 12.1 Å². The Morgan fingerprint density at radius 2 is 2.43 bits per heavy atom. The number of carbonyl (C=O) groups is 1. The number of nitrogens with zero attached hydrogens (tertiary/aromatic N) is 2. The summed E-state index contributed by atoms with van der Waals surface area (Å²) in [6, 6.07) is 1.91. The molecule has 1 aromatic heterocycles. The van der Waals surface area contributed by atoms with Crippen LogP contribution in [0, 0.1) is 11.8 Å². The number of carboxylic acids is 1. The second-order valence-electron chi connectivity index (χ2n) is 3.88. The molecule has 0 saturated heterocycles. The number of rotatable bonds is 3. The van der Waals surface area contributed by atoms with Gasteiger partial charge in [-0.25, -0.2) is 0 Å². The van der Waals surface area contributed by atoms with Gasteiger partial charge in [0.2, 0.25) is 0 Å². The predicted molar refractivity (Wildman–Crippen MR) is 50.9 cm³/mol. The number of aromatic nitrogens is 2. The molecule has 3 unspecified atom stereocenters. The van der Waals surface area contributed by atoms with E-state index in [1.165, 1.54) is 0 Å². The standard InChI is InChI=1S/C10H14N2O2/c1-3-6-8(9(6)10(13)14)7-4-5-12(2)11-7/h4-6,8-9H,3H2,1-2H3,(H,13,14). The predicted octanol–water partition coefficient (Wildman–Crippen LogP) is 1.24. The Bertz CT molecular complexity index is 359. The number of carboxylic acid groups (broad SMARTS) is 1. The largest absolute Gasteiger partial charge is 0.481 e. The molecule has 0 aromatic carbocycles. The molecule has 76 valence electrons. The third-order valence-corrected chi connectivity index (χ3v) is 3.00. The minimum Gasteiger partial charge on any atom is -0.481 e. The molecule has 14 heavy (non-hydrogen) atoms. The van der Waals surface area contributed by atoms with Crippen molar-refractivity contribution in [3.8, 4) is 0 Å². The van der Waals surface area contributed by atoms with Crippen LogP contribution in [-0.4, -0.2) is 20.9 Å². The van der Waals surface area contributed by atoms with Gasteiger partial charge in [-0.1, -0.05) is 13.3 Å². The zero-order chi connectivity index (χ0) is 10.3. The van der Waals surface area contributed by atoms with Crippen molar-refractivity contribution in [3.05, 3.63) is 18.0 Å². The summed E-state index contributed by atoms with van der Waals surface area (Å²) in [6.45, 7) is 2.03. The number of aliphatic carboxylic acids is 1. The Hall–Kier alpha value is -1.32. The third kappa shape index (κ3) is 1.31. The smallest absolute Gasteiger partial charge is 0.307 e. The molecule has 1 aliphatic carbocycles. The SMILES string of the molecule is CCC1C(C(=O)O)C1c1ccn(C)n1. The van der Waals surface area contributed by atoms with Crippen LogP contribution in [0.15, 0.2) is 12.3 Å². The fourth-order valence-corrected chi connectivity index (χ4v) is 2.23. The van der Waals surface area contributed by atoms with Crippen LogP contribution in [0.3, 0.4) is 0 Å². The Balaban J connectivity index is 2.17. The molecule has 0 aliphatic heterocycles. The van der Waals surface area contributed by atoms with E-state index in [4.69, 9.17) is 5.11 Å². The van der Waals surface area contributed by atoms with Crippen LogP contribution in [0.25, 0.3) is 0 Å². The lowest BCUT2D eigenvalue weighted by Gasteiger charge is -1.90.